The lowest BCUT2D eigenvalue weighted by Crippen LogP contribution is -2.49. The number of hydrogen-bond acceptors (Lipinski definition) is 6. The molecule has 0 amide bonds. The van der Waals surface area contributed by atoms with Gasteiger partial charge in [-0.05, 0) is 69.8 Å². The standard InChI is InChI=1S/C20H32N4O2/c1-19-8-4-16(15-6-10-23-11-7-15)12-20(19,25)9-5-17(19)13-24-26-18(22-3)14-21-2/h6-7,10-11,13,16-18,21-22,25H,4-5,8-9,12,14H2,1-3H3/t16-,17+,18?,19+,20-/m0/s1. The molecule has 1 heterocycles. The minimum atomic E-state index is -0.636. The number of nitrogens with one attached hydrogen (secondary N) is 2. The average Bonchev–Trinajstić information content (AvgIpc) is 2.92. The van der Waals surface area contributed by atoms with Crippen molar-refractivity contribution >= 4 is 6.21 Å². The Morgan fingerprint density at radius 3 is 2.81 bits per heavy atom. The van der Waals surface area contributed by atoms with E-state index in [0.29, 0.717) is 12.5 Å². The van der Waals surface area contributed by atoms with Crippen LogP contribution in [0.4, 0.5) is 0 Å². The number of aliphatic hydroxyl groups is 1. The Morgan fingerprint density at radius 1 is 1.35 bits per heavy atom. The normalized spacial score (nSPS) is 35.4. The number of nitrogens with zero attached hydrogens (tertiary/aromatic N) is 2. The first-order valence-corrected chi connectivity index (χ1v) is 9.66. The summed E-state index contributed by atoms with van der Waals surface area (Å²) in [5, 5.41) is 21.9. The third kappa shape index (κ3) is 3.63. The van der Waals surface area contributed by atoms with Crippen molar-refractivity contribution in [2.75, 3.05) is 20.6 Å². The summed E-state index contributed by atoms with van der Waals surface area (Å²) >= 11 is 0. The monoisotopic (exact) mass is 360 g/mol. The van der Waals surface area contributed by atoms with Gasteiger partial charge in [0.25, 0.3) is 0 Å². The molecule has 2 fully saturated rings. The number of pyridine rings is 1. The van der Waals surface area contributed by atoms with Gasteiger partial charge in [0.05, 0.1) is 5.60 Å². The number of likely N-dealkylation sites (N-methyl/N-ethyl adjacent to an activating group) is 2. The predicted molar refractivity (Wildman–Crippen MR) is 103 cm³/mol. The molecule has 0 radical (unpaired) electrons. The first-order chi connectivity index (χ1) is 12.5. The Labute approximate surface area is 156 Å². The van der Waals surface area contributed by atoms with Gasteiger partial charge in [-0.25, -0.2) is 0 Å². The Kier molecular flexibility index (Phi) is 5.95. The van der Waals surface area contributed by atoms with E-state index < -0.39 is 5.60 Å². The average molecular weight is 361 g/mol. The van der Waals surface area contributed by atoms with Gasteiger partial charge >= 0.3 is 0 Å². The zero-order valence-corrected chi connectivity index (χ0v) is 16.1. The molecule has 26 heavy (non-hydrogen) atoms. The third-order valence-corrected chi connectivity index (χ3v) is 6.66. The van der Waals surface area contributed by atoms with E-state index in [2.05, 4.69) is 39.8 Å². The summed E-state index contributed by atoms with van der Waals surface area (Å²) in [6.45, 7) is 2.91. The van der Waals surface area contributed by atoms with Crippen molar-refractivity contribution in [3.05, 3.63) is 30.1 Å². The van der Waals surface area contributed by atoms with Crippen molar-refractivity contribution in [3.8, 4) is 0 Å². The van der Waals surface area contributed by atoms with Crippen LogP contribution in [0.3, 0.4) is 0 Å². The first kappa shape index (κ1) is 19.3. The zero-order valence-electron chi connectivity index (χ0n) is 16.1. The Balaban J connectivity index is 1.67. The minimum Gasteiger partial charge on any atom is -0.389 e. The maximum absolute atomic E-state index is 11.5. The molecule has 144 valence electrons. The lowest BCUT2D eigenvalue weighted by atomic mass is 9.59. The van der Waals surface area contributed by atoms with Crippen LogP contribution in [0.1, 0.15) is 50.5 Å². The highest BCUT2D eigenvalue weighted by Gasteiger charge is 2.58. The van der Waals surface area contributed by atoms with Gasteiger partial charge in [0.1, 0.15) is 0 Å². The van der Waals surface area contributed by atoms with Gasteiger partial charge in [-0.3, -0.25) is 10.3 Å². The number of rotatable bonds is 7. The molecule has 0 aliphatic heterocycles. The van der Waals surface area contributed by atoms with E-state index in [4.69, 9.17) is 4.84 Å². The summed E-state index contributed by atoms with van der Waals surface area (Å²) < 4.78 is 0. The van der Waals surface area contributed by atoms with Crippen molar-refractivity contribution in [1.29, 1.82) is 0 Å². The molecule has 2 aliphatic carbocycles. The van der Waals surface area contributed by atoms with Crippen molar-refractivity contribution in [1.82, 2.24) is 15.6 Å². The van der Waals surface area contributed by atoms with Crippen LogP contribution >= 0.6 is 0 Å². The molecule has 1 aromatic rings. The van der Waals surface area contributed by atoms with Crippen molar-refractivity contribution in [3.63, 3.8) is 0 Å². The fraction of sp³-hybridized carbons (Fsp3) is 0.700. The van der Waals surface area contributed by atoms with Crippen LogP contribution in [0.25, 0.3) is 0 Å². The second kappa shape index (κ2) is 8.03. The molecule has 1 unspecified atom stereocenters. The lowest BCUT2D eigenvalue weighted by molar-refractivity contribution is -0.0960. The highest BCUT2D eigenvalue weighted by Crippen LogP contribution is 2.60. The summed E-state index contributed by atoms with van der Waals surface area (Å²) in [6.07, 6.45) is 10.2. The molecule has 2 aliphatic rings. The summed E-state index contributed by atoms with van der Waals surface area (Å²) in [5.74, 6) is 0.658. The van der Waals surface area contributed by atoms with Crippen LogP contribution in [-0.2, 0) is 4.84 Å². The van der Waals surface area contributed by atoms with Crippen molar-refractivity contribution in [2.24, 2.45) is 16.5 Å². The Bertz CT molecular complexity index is 611. The van der Waals surface area contributed by atoms with Crippen LogP contribution in [-0.4, -0.2) is 48.8 Å². The third-order valence-electron chi connectivity index (χ3n) is 6.66. The SMILES string of the molecule is CNCC(NC)ON=C[C@H]1CC[C@]2(O)C[C@@H](c3ccncc3)CC[C@]12C. The Morgan fingerprint density at radius 2 is 2.12 bits per heavy atom. The number of fused-ring (bicyclic) bond motifs is 1. The Hall–Kier alpha value is -1.50. The van der Waals surface area contributed by atoms with Gasteiger partial charge in [-0.1, -0.05) is 12.1 Å². The van der Waals surface area contributed by atoms with Crippen LogP contribution in [0.15, 0.2) is 29.7 Å². The quantitative estimate of drug-likeness (QED) is 0.395. The maximum Gasteiger partial charge on any atom is 0.190 e. The molecule has 1 aromatic heterocycles. The molecule has 3 rings (SSSR count). The highest BCUT2D eigenvalue weighted by molar-refractivity contribution is 5.62. The molecule has 2 saturated carbocycles. The van der Waals surface area contributed by atoms with E-state index in [1.165, 1.54) is 5.56 Å². The second-order valence-electron chi connectivity index (χ2n) is 8.01. The van der Waals surface area contributed by atoms with E-state index in [-0.39, 0.29) is 17.6 Å². The van der Waals surface area contributed by atoms with Gasteiger partial charge in [0.15, 0.2) is 6.23 Å². The molecule has 6 nitrogen and oxygen atoms in total. The molecule has 3 N–H and O–H groups in total. The topological polar surface area (TPSA) is 78.8 Å². The molecule has 0 spiro atoms. The number of aromatic nitrogens is 1. The number of oxime groups is 1. The summed E-state index contributed by atoms with van der Waals surface area (Å²) in [7, 11) is 3.74. The van der Waals surface area contributed by atoms with E-state index >= 15 is 0 Å². The number of hydrogen-bond donors (Lipinski definition) is 3. The summed E-state index contributed by atoms with van der Waals surface area (Å²) in [6, 6.07) is 4.16. The smallest absolute Gasteiger partial charge is 0.190 e. The lowest BCUT2D eigenvalue weighted by Gasteiger charge is -2.48. The largest absolute Gasteiger partial charge is 0.389 e. The van der Waals surface area contributed by atoms with Gasteiger partial charge in [0.2, 0.25) is 0 Å². The fourth-order valence-corrected chi connectivity index (χ4v) is 4.80. The summed E-state index contributed by atoms with van der Waals surface area (Å²) in [4.78, 5) is 9.66. The molecular formula is C20H32N4O2. The minimum absolute atomic E-state index is 0.137. The van der Waals surface area contributed by atoms with E-state index in [0.717, 1.165) is 32.1 Å². The predicted octanol–water partition coefficient (Wildman–Crippen LogP) is 2.26. The molecule has 5 atom stereocenters. The van der Waals surface area contributed by atoms with Crippen LogP contribution in [0, 0.1) is 11.3 Å². The molecule has 0 aromatic carbocycles. The van der Waals surface area contributed by atoms with Crippen LogP contribution in [0.5, 0.6) is 0 Å². The van der Waals surface area contributed by atoms with E-state index in [1.54, 1.807) is 0 Å². The highest BCUT2D eigenvalue weighted by atomic mass is 16.6. The van der Waals surface area contributed by atoms with Crippen LogP contribution < -0.4 is 10.6 Å². The van der Waals surface area contributed by atoms with Crippen LogP contribution in [0.2, 0.25) is 0 Å². The fourth-order valence-electron chi connectivity index (χ4n) is 4.80. The molecule has 6 heteroatoms. The maximum atomic E-state index is 11.5. The van der Waals surface area contributed by atoms with Gasteiger partial charge < -0.3 is 15.3 Å². The van der Waals surface area contributed by atoms with E-state index in [9.17, 15) is 5.11 Å². The zero-order chi connectivity index (χ0) is 18.6. The second-order valence-corrected chi connectivity index (χ2v) is 8.01. The molecule has 0 bridgehead atoms. The summed E-state index contributed by atoms with van der Waals surface area (Å²) in [5.41, 5.74) is 0.519. The van der Waals surface area contributed by atoms with Gasteiger partial charge in [-0.15, -0.1) is 0 Å². The first-order valence-electron chi connectivity index (χ1n) is 9.66. The van der Waals surface area contributed by atoms with Gasteiger partial charge in [-0.2, -0.15) is 0 Å². The van der Waals surface area contributed by atoms with E-state index in [1.807, 2.05) is 32.7 Å². The van der Waals surface area contributed by atoms with Gasteiger partial charge in [0, 0.05) is 36.5 Å². The van der Waals surface area contributed by atoms with Crippen molar-refractivity contribution in [2.45, 2.75) is 56.8 Å². The molecule has 0 saturated heterocycles. The van der Waals surface area contributed by atoms with Crippen molar-refractivity contribution < 1.29 is 9.94 Å². The molecular weight excluding hydrogens is 328 g/mol.